The number of rotatable bonds is 4. The quantitative estimate of drug-likeness (QED) is 0.672. The van der Waals surface area contributed by atoms with Crippen molar-refractivity contribution < 1.29 is 22.4 Å². The highest BCUT2D eigenvalue weighted by molar-refractivity contribution is 6.32. The Hall–Kier alpha value is -2.79. The molecule has 1 heterocycles. The summed E-state index contributed by atoms with van der Waals surface area (Å²) in [5.41, 5.74) is -0.492. The highest BCUT2D eigenvalue weighted by Crippen LogP contribution is 2.35. The van der Waals surface area contributed by atoms with Gasteiger partial charge >= 0.3 is 6.18 Å². The lowest BCUT2D eigenvalue weighted by molar-refractivity contribution is -0.138. The van der Waals surface area contributed by atoms with Crippen molar-refractivity contribution in [3.8, 4) is 6.07 Å². The maximum atomic E-state index is 13.5. The second-order valence-corrected chi connectivity index (χ2v) is 7.24. The summed E-state index contributed by atoms with van der Waals surface area (Å²) in [6.07, 6.45) is -4.61. The first kappa shape index (κ1) is 20.9. The predicted molar refractivity (Wildman–Crippen MR) is 99.8 cm³/mol. The number of halogens is 5. The van der Waals surface area contributed by atoms with Crippen molar-refractivity contribution in [1.29, 1.82) is 5.26 Å². The highest BCUT2D eigenvalue weighted by atomic mass is 35.5. The number of hydrogen-bond acceptors (Lipinski definition) is 3. The Balaban J connectivity index is 2.05. The number of carbonyl (C=O) groups is 1. The van der Waals surface area contributed by atoms with Crippen LogP contribution in [-0.4, -0.2) is 30.4 Å². The molecule has 29 heavy (non-hydrogen) atoms. The van der Waals surface area contributed by atoms with Crippen molar-refractivity contribution in [2.75, 3.05) is 18.5 Å². The van der Waals surface area contributed by atoms with Gasteiger partial charge in [0.1, 0.15) is 11.9 Å². The van der Waals surface area contributed by atoms with Crippen LogP contribution in [0.5, 0.6) is 0 Å². The van der Waals surface area contributed by atoms with Crippen molar-refractivity contribution in [1.82, 2.24) is 4.90 Å². The van der Waals surface area contributed by atoms with E-state index in [1.807, 2.05) is 6.07 Å². The number of likely N-dealkylation sites (N-methyl/N-ethyl adjacent to an activating group) is 1. The summed E-state index contributed by atoms with van der Waals surface area (Å²) in [6, 6.07) is 8.59. The Morgan fingerprint density at radius 3 is 2.55 bits per heavy atom. The summed E-state index contributed by atoms with van der Waals surface area (Å²) in [4.78, 5) is 15.1. The van der Waals surface area contributed by atoms with Crippen LogP contribution in [0, 0.1) is 17.1 Å². The molecule has 1 amide bonds. The molecule has 0 N–H and O–H groups in total. The molecule has 0 saturated carbocycles. The Kier molecular flexibility index (Phi) is 5.71. The fourth-order valence-electron chi connectivity index (χ4n) is 3.39. The predicted octanol–water partition coefficient (Wildman–Crippen LogP) is 4.61. The van der Waals surface area contributed by atoms with E-state index in [2.05, 4.69) is 0 Å². The van der Waals surface area contributed by atoms with Crippen LogP contribution in [0.2, 0.25) is 5.02 Å². The fourth-order valence-corrected chi connectivity index (χ4v) is 3.60. The van der Waals surface area contributed by atoms with Crippen LogP contribution in [0.1, 0.15) is 23.1 Å². The highest BCUT2D eigenvalue weighted by Gasteiger charge is 2.36. The largest absolute Gasteiger partial charge is 0.416 e. The molecular formula is C20H16ClF4N3O. The zero-order chi connectivity index (χ0) is 21.3. The summed E-state index contributed by atoms with van der Waals surface area (Å²) in [7, 11) is 1.62. The van der Waals surface area contributed by atoms with Crippen molar-refractivity contribution >= 4 is 23.2 Å². The average Bonchev–Trinajstić information content (AvgIpc) is 2.98. The molecule has 0 radical (unpaired) electrons. The minimum absolute atomic E-state index is 0.122. The van der Waals surface area contributed by atoms with Gasteiger partial charge in [-0.15, -0.1) is 0 Å². The zero-order valence-electron chi connectivity index (χ0n) is 15.3. The number of amides is 1. The number of anilines is 1. The molecule has 0 unspecified atom stereocenters. The van der Waals surface area contributed by atoms with Crippen LogP contribution in [0.4, 0.5) is 23.2 Å². The van der Waals surface area contributed by atoms with Gasteiger partial charge in [0, 0.05) is 32.2 Å². The van der Waals surface area contributed by atoms with Crippen molar-refractivity contribution in [3.05, 3.63) is 63.9 Å². The normalized spacial score (nSPS) is 16.8. The molecule has 2 aromatic carbocycles. The Bertz CT molecular complexity index is 987. The van der Waals surface area contributed by atoms with Gasteiger partial charge in [-0.25, -0.2) is 4.39 Å². The standard InChI is InChI=1S/C20H16ClF4N3O/c1-27-11-16(8-19(27)29)28(15-5-3-12(9-26)18(21)7-15)10-13-2-4-14(22)6-17(13)20(23,24)25/h2-7,16H,8,10-11H2,1H3/t16-/m0/s1. The Morgan fingerprint density at radius 1 is 1.28 bits per heavy atom. The van der Waals surface area contributed by atoms with Crippen LogP contribution in [-0.2, 0) is 17.5 Å². The van der Waals surface area contributed by atoms with Gasteiger partial charge in [-0.05, 0) is 35.9 Å². The number of carbonyl (C=O) groups excluding carboxylic acids is 1. The summed E-state index contributed by atoms with van der Waals surface area (Å²) >= 11 is 6.11. The van der Waals surface area contributed by atoms with Crippen LogP contribution in [0.3, 0.4) is 0 Å². The molecule has 9 heteroatoms. The molecule has 1 aliphatic heterocycles. The van der Waals surface area contributed by atoms with Gasteiger partial charge in [-0.1, -0.05) is 17.7 Å². The molecular weight excluding hydrogens is 410 g/mol. The number of likely N-dealkylation sites (tertiary alicyclic amines) is 1. The molecule has 1 saturated heterocycles. The lowest BCUT2D eigenvalue weighted by atomic mass is 10.0. The third kappa shape index (κ3) is 4.46. The molecule has 0 spiro atoms. The smallest absolute Gasteiger partial charge is 0.362 e. The van der Waals surface area contributed by atoms with E-state index in [-0.39, 0.29) is 35.0 Å². The van der Waals surface area contributed by atoms with Crippen LogP contribution in [0.15, 0.2) is 36.4 Å². The number of hydrogen-bond donors (Lipinski definition) is 0. The molecule has 1 atom stereocenters. The van der Waals surface area contributed by atoms with E-state index < -0.39 is 23.6 Å². The molecule has 0 bridgehead atoms. The molecule has 3 rings (SSSR count). The Morgan fingerprint density at radius 2 is 2.00 bits per heavy atom. The van der Waals surface area contributed by atoms with Crippen molar-refractivity contribution in [2.24, 2.45) is 0 Å². The van der Waals surface area contributed by atoms with E-state index in [1.165, 1.54) is 17.0 Å². The van der Waals surface area contributed by atoms with Gasteiger partial charge in [-0.3, -0.25) is 4.79 Å². The van der Waals surface area contributed by atoms with Gasteiger partial charge in [0.2, 0.25) is 5.91 Å². The lowest BCUT2D eigenvalue weighted by Gasteiger charge is -2.32. The first-order valence-electron chi connectivity index (χ1n) is 8.66. The van der Waals surface area contributed by atoms with E-state index in [1.54, 1.807) is 18.0 Å². The minimum atomic E-state index is -4.73. The molecule has 152 valence electrons. The summed E-state index contributed by atoms with van der Waals surface area (Å²) in [6.45, 7) is 0.113. The third-order valence-electron chi connectivity index (χ3n) is 4.88. The molecule has 0 aliphatic carbocycles. The lowest BCUT2D eigenvalue weighted by Crippen LogP contribution is -2.37. The first-order chi connectivity index (χ1) is 13.6. The molecule has 1 aliphatic rings. The number of alkyl halides is 3. The third-order valence-corrected chi connectivity index (χ3v) is 5.20. The maximum absolute atomic E-state index is 13.5. The van der Waals surface area contributed by atoms with Gasteiger partial charge < -0.3 is 9.80 Å². The Labute approximate surface area is 169 Å². The number of benzene rings is 2. The fraction of sp³-hybridized carbons (Fsp3) is 0.300. The van der Waals surface area contributed by atoms with Gasteiger partial charge in [0.15, 0.2) is 0 Å². The second-order valence-electron chi connectivity index (χ2n) is 6.84. The number of nitrogens with zero attached hydrogens (tertiary/aromatic N) is 3. The van der Waals surface area contributed by atoms with E-state index in [9.17, 15) is 22.4 Å². The van der Waals surface area contributed by atoms with Crippen LogP contribution >= 0.6 is 11.6 Å². The molecule has 2 aromatic rings. The van der Waals surface area contributed by atoms with Crippen molar-refractivity contribution in [3.63, 3.8) is 0 Å². The van der Waals surface area contributed by atoms with Gasteiger partial charge in [0.25, 0.3) is 0 Å². The first-order valence-corrected chi connectivity index (χ1v) is 9.04. The maximum Gasteiger partial charge on any atom is 0.416 e. The zero-order valence-corrected chi connectivity index (χ0v) is 16.1. The molecule has 0 aromatic heterocycles. The second kappa shape index (κ2) is 7.91. The molecule has 4 nitrogen and oxygen atoms in total. The SMILES string of the molecule is CN1C[C@@H](N(Cc2ccc(F)cc2C(F)(F)F)c2ccc(C#N)c(Cl)c2)CC1=O. The van der Waals surface area contributed by atoms with Crippen LogP contribution in [0.25, 0.3) is 0 Å². The summed E-state index contributed by atoms with van der Waals surface area (Å²) in [5, 5.41) is 9.21. The topological polar surface area (TPSA) is 47.3 Å². The van der Waals surface area contributed by atoms with Gasteiger partial charge in [0.05, 0.1) is 22.2 Å². The average molecular weight is 426 g/mol. The van der Waals surface area contributed by atoms with Crippen LogP contribution < -0.4 is 4.90 Å². The summed E-state index contributed by atoms with van der Waals surface area (Å²) < 4.78 is 53.8. The molecule has 1 fully saturated rings. The van der Waals surface area contributed by atoms with E-state index in [4.69, 9.17) is 16.9 Å². The van der Waals surface area contributed by atoms with E-state index >= 15 is 0 Å². The van der Waals surface area contributed by atoms with Crippen molar-refractivity contribution in [2.45, 2.75) is 25.2 Å². The van der Waals surface area contributed by atoms with E-state index in [0.717, 1.165) is 12.1 Å². The summed E-state index contributed by atoms with van der Waals surface area (Å²) in [5.74, 6) is -1.11. The minimum Gasteiger partial charge on any atom is -0.362 e. The monoisotopic (exact) mass is 425 g/mol. The van der Waals surface area contributed by atoms with Gasteiger partial charge in [-0.2, -0.15) is 18.4 Å². The van der Waals surface area contributed by atoms with E-state index in [0.29, 0.717) is 18.3 Å². The number of nitriles is 1.